The molecule has 1 aromatic rings. The second-order valence-electron chi connectivity index (χ2n) is 8.67. The van der Waals surface area contributed by atoms with Gasteiger partial charge in [-0.1, -0.05) is 12.2 Å². The van der Waals surface area contributed by atoms with E-state index in [1.165, 1.54) is 0 Å². The first kappa shape index (κ1) is 25.6. The molecule has 3 aliphatic rings. The molecule has 0 N–H and O–H groups in total. The lowest BCUT2D eigenvalue weighted by atomic mass is 9.85. The fraction of sp³-hybridized carbons (Fsp3) is 0.524. The van der Waals surface area contributed by atoms with Crippen molar-refractivity contribution in [3.05, 3.63) is 41.5 Å². The summed E-state index contributed by atoms with van der Waals surface area (Å²) in [6.07, 6.45) is -5.73. The number of piperazine rings is 1. The molecule has 4 rings (SSSR count). The molecule has 0 aromatic heterocycles. The zero-order valence-electron chi connectivity index (χ0n) is 18.1. The van der Waals surface area contributed by atoms with Crippen molar-refractivity contribution in [2.45, 2.75) is 30.1 Å². The van der Waals surface area contributed by atoms with Crippen molar-refractivity contribution in [2.24, 2.45) is 11.8 Å². The molecule has 2 aliphatic heterocycles. The number of alkyl halides is 6. The van der Waals surface area contributed by atoms with E-state index in [1.54, 1.807) is 4.90 Å². The van der Waals surface area contributed by atoms with E-state index in [2.05, 4.69) is 0 Å². The first-order valence-corrected chi connectivity index (χ1v) is 12.2. The quantitative estimate of drug-likeness (QED) is 0.343. The van der Waals surface area contributed by atoms with Crippen LogP contribution < -0.4 is 0 Å². The zero-order chi connectivity index (χ0) is 25.8. The molecular weight excluding hydrogens is 504 g/mol. The zero-order valence-corrected chi connectivity index (χ0v) is 19.0. The number of halogens is 6. The Morgan fingerprint density at radius 2 is 1.23 bits per heavy atom. The third-order valence-electron chi connectivity index (χ3n) is 6.47. The van der Waals surface area contributed by atoms with Gasteiger partial charge in [-0.05, 0) is 31.0 Å². The Bertz CT molecular complexity index is 1100. The maximum absolute atomic E-state index is 13.1. The largest absolute Gasteiger partial charge is 0.416 e. The van der Waals surface area contributed by atoms with Crippen molar-refractivity contribution in [3.63, 3.8) is 0 Å². The minimum atomic E-state index is -5.17. The average molecular weight is 525 g/mol. The van der Waals surface area contributed by atoms with Gasteiger partial charge in [0.2, 0.25) is 21.8 Å². The van der Waals surface area contributed by atoms with Crippen LogP contribution in [0.2, 0.25) is 0 Å². The third kappa shape index (κ3) is 4.96. The first-order valence-electron chi connectivity index (χ1n) is 10.7. The maximum Gasteiger partial charge on any atom is 0.416 e. The number of amides is 2. The molecular formula is C21H21F6N3O4S. The average Bonchev–Trinajstić information content (AvgIpc) is 3.03. The Hall–Kier alpha value is -2.45. The molecule has 0 bridgehead atoms. The van der Waals surface area contributed by atoms with Crippen LogP contribution in [0.4, 0.5) is 26.3 Å². The molecule has 2 amide bonds. The lowest BCUT2D eigenvalue weighted by Crippen LogP contribution is -2.52. The molecule has 14 heteroatoms. The van der Waals surface area contributed by atoms with E-state index in [0.717, 1.165) is 9.21 Å². The molecule has 1 aliphatic carbocycles. The highest BCUT2D eigenvalue weighted by molar-refractivity contribution is 7.89. The second kappa shape index (κ2) is 8.89. The minimum absolute atomic E-state index is 0.0367. The van der Waals surface area contributed by atoms with E-state index in [-0.39, 0.29) is 62.9 Å². The van der Waals surface area contributed by atoms with Crippen molar-refractivity contribution in [2.75, 3.05) is 32.8 Å². The normalized spacial score (nSPS) is 24.8. The number of carbonyl (C=O) groups excluding carboxylic acids is 2. The third-order valence-corrected chi connectivity index (χ3v) is 8.35. The Morgan fingerprint density at radius 3 is 1.66 bits per heavy atom. The number of benzene rings is 1. The summed E-state index contributed by atoms with van der Waals surface area (Å²) in [6, 6.07) is 0.247. The lowest BCUT2D eigenvalue weighted by Gasteiger charge is -2.35. The summed E-state index contributed by atoms with van der Waals surface area (Å²) in [5.41, 5.74) is -3.43. The van der Waals surface area contributed by atoms with Gasteiger partial charge in [0.05, 0.1) is 34.5 Å². The maximum atomic E-state index is 13.1. The van der Waals surface area contributed by atoms with Crippen LogP contribution in [0, 0.1) is 11.8 Å². The lowest BCUT2D eigenvalue weighted by molar-refractivity contribution is -0.144. The monoisotopic (exact) mass is 525 g/mol. The molecule has 2 unspecified atom stereocenters. The van der Waals surface area contributed by atoms with E-state index < -0.39 is 50.2 Å². The van der Waals surface area contributed by atoms with Gasteiger partial charge in [-0.15, -0.1) is 0 Å². The van der Waals surface area contributed by atoms with Crippen molar-refractivity contribution in [3.8, 4) is 0 Å². The summed E-state index contributed by atoms with van der Waals surface area (Å²) in [7, 11) is -4.67. The molecule has 0 saturated carbocycles. The summed E-state index contributed by atoms with van der Waals surface area (Å²) in [4.78, 5) is 26.9. The fourth-order valence-corrected chi connectivity index (χ4v) is 6.04. The Labute approximate surface area is 197 Å². The van der Waals surface area contributed by atoms with Crippen LogP contribution in [0.1, 0.15) is 24.0 Å². The van der Waals surface area contributed by atoms with Crippen molar-refractivity contribution in [1.29, 1.82) is 0 Å². The van der Waals surface area contributed by atoms with E-state index in [9.17, 15) is 44.3 Å². The van der Waals surface area contributed by atoms with Crippen molar-refractivity contribution >= 4 is 21.8 Å². The highest BCUT2D eigenvalue weighted by atomic mass is 32.2. The van der Waals surface area contributed by atoms with Gasteiger partial charge < -0.3 is 0 Å². The molecule has 1 aromatic carbocycles. The topological polar surface area (TPSA) is 78.0 Å². The van der Waals surface area contributed by atoms with Gasteiger partial charge >= 0.3 is 12.4 Å². The summed E-state index contributed by atoms with van der Waals surface area (Å²) in [5.74, 6) is -1.44. The van der Waals surface area contributed by atoms with Gasteiger partial charge in [-0.3, -0.25) is 19.4 Å². The Morgan fingerprint density at radius 1 is 0.771 bits per heavy atom. The highest BCUT2D eigenvalue weighted by Crippen LogP contribution is 2.38. The number of sulfonamides is 1. The van der Waals surface area contributed by atoms with Crippen LogP contribution >= 0.6 is 0 Å². The van der Waals surface area contributed by atoms with Gasteiger partial charge in [0, 0.05) is 26.2 Å². The Balaban J connectivity index is 1.48. The van der Waals surface area contributed by atoms with Crippen molar-refractivity contribution < 1.29 is 44.3 Å². The summed E-state index contributed by atoms with van der Waals surface area (Å²) >= 11 is 0. The Kier molecular flexibility index (Phi) is 6.51. The number of hydrogen-bond acceptors (Lipinski definition) is 5. The molecule has 0 spiro atoms. The summed E-state index contributed by atoms with van der Waals surface area (Å²) in [5, 5.41) is 0. The number of allylic oxidation sites excluding steroid dienone is 2. The predicted molar refractivity (Wildman–Crippen MR) is 109 cm³/mol. The number of likely N-dealkylation sites (tertiary alicyclic amines) is 1. The van der Waals surface area contributed by atoms with Crippen LogP contribution in [0.5, 0.6) is 0 Å². The number of fused-ring (bicyclic) bond motifs is 1. The van der Waals surface area contributed by atoms with E-state index in [0.29, 0.717) is 12.8 Å². The second-order valence-corrected chi connectivity index (χ2v) is 10.6. The number of nitrogens with zero attached hydrogens (tertiary/aromatic N) is 3. The minimum Gasteiger partial charge on any atom is -0.283 e. The molecule has 35 heavy (non-hydrogen) atoms. The molecule has 2 heterocycles. The van der Waals surface area contributed by atoms with Crippen molar-refractivity contribution in [1.82, 2.24) is 14.1 Å². The van der Waals surface area contributed by atoms with E-state index in [1.807, 2.05) is 12.2 Å². The highest BCUT2D eigenvalue weighted by Gasteiger charge is 2.48. The molecule has 7 nitrogen and oxygen atoms in total. The van der Waals surface area contributed by atoms with Gasteiger partial charge in [0.15, 0.2) is 0 Å². The SMILES string of the molecule is O=C1C2CC=CCC2C(=O)N1CN1CCN(S(=O)(=O)c2cc(C(F)(F)F)cc(C(F)(F)F)c2)CC1. The first-order chi connectivity index (χ1) is 16.2. The number of hydrogen-bond donors (Lipinski definition) is 0. The van der Waals surface area contributed by atoms with E-state index in [4.69, 9.17) is 0 Å². The van der Waals surface area contributed by atoms with Crippen LogP contribution in [-0.4, -0.2) is 67.2 Å². The predicted octanol–water partition coefficient (Wildman–Crippen LogP) is 2.94. The number of carbonyl (C=O) groups is 2. The fourth-order valence-electron chi connectivity index (χ4n) is 4.54. The van der Waals surface area contributed by atoms with Crippen LogP contribution in [0.25, 0.3) is 0 Å². The summed E-state index contributed by atoms with van der Waals surface area (Å²) < 4.78 is 105. The van der Waals surface area contributed by atoms with Crippen LogP contribution in [0.3, 0.4) is 0 Å². The van der Waals surface area contributed by atoms with E-state index >= 15 is 0 Å². The van der Waals surface area contributed by atoms with Gasteiger partial charge in [-0.25, -0.2) is 8.42 Å². The molecule has 192 valence electrons. The number of imide groups is 1. The molecule has 0 radical (unpaired) electrons. The van der Waals surface area contributed by atoms with Crippen LogP contribution in [-0.2, 0) is 32.0 Å². The number of rotatable bonds is 4. The smallest absolute Gasteiger partial charge is 0.283 e. The molecule has 2 saturated heterocycles. The van der Waals surface area contributed by atoms with Gasteiger partial charge in [-0.2, -0.15) is 30.6 Å². The standard InChI is InChI=1S/C21H21F6N3O4S/c22-20(23,24)13-9-14(21(25,26)27)11-15(10-13)35(33,34)29-7-5-28(6-8-29)12-30-18(31)16-3-1-2-4-17(16)19(30)32/h1-2,9-11,16-17H,3-8,12H2. The molecule has 2 atom stereocenters. The van der Waals surface area contributed by atoms with Gasteiger partial charge in [0.25, 0.3) is 0 Å². The van der Waals surface area contributed by atoms with Gasteiger partial charge in [0.1, 0.15) is 0 Å². The summed E-state index contributed by atoms with van der Waals surface area (Å²) in [6.45, 7) is -0.445. The van der Waals surface area contributed by atoms with Crippen LogP contribution in [0.15, 0.2) is 35.2 Å². The molecule has 2 fully saturated rings.